The van der Waals surface area contributed by atoms with Crippen LogP contribution < -0.4 is 24.8 Å². The molecule has 152 valence electrons. The van der Waals surface area contributed by atoms with E-state index in [1.165, 1.54) is 0 Å². The van der Waals surface area contributed by atoms with Crippen LogP contribution in [-0.2, 0) is 16.3 Å². The van der Waals surface area contributed by atoms with Crippen molar-refractivity contribution in [2.75, 3.05) is 45.9 Å². The summed E-state index contributed by atoms with van der Waals surface area (Å²) in [5.74, 6) is 2.81. The van der Waals surface area contributed by atoms with Crippen molar-refractivity contribution in [3.63, 3.8) is 0 Å². The highest BCUT2D eigenvalue weighted by Gasteiger charge is 2.28. The highest BCUT2D eigenvalue weighted by Crippen LogP contribution is 2.39. The highest BCUT2D eigenvalue weighted by molar-refractivity contribution is 7.91. The van der Waals surface area contributed by atoms with Gasteiger partial charge >= 0.3 is 0 Å². The number of rotatable bonds is 8. The first kappa shape index (κ1) is 21.1. The summed E-state index contributed by atoms with van der Waals surface area (Å²) in [5, 5.41) is 6.37. The van der Waals surface area contributed by atoms with E-state index in [-0.39, 0.29) is 17.5 Å². The number of nitrogens with zero attached hydrogens (tertiary/aromatic N) is 1. The van der Waals surface area contributed by atoms with Gasteiger partial charge in [0, 0.05) is 24.7 Å². The van der Waals surface area contributed by atoms with Crippen LogP contribution in [0.3, 0.4) is 0 Å². The molecule has 9 heteroatoms. The second-order valence-corrected chi connectivity index (χ2v) is 8.48. The monoisotopic (exact) mass is 399 g/mol. The van der Waals surface area contributed by atoms with Gasteiger partial charge in [-0.25, -0.2) is 8.42 Å². The van der Waals surface area contributed by atoms with Crippen molar-refractivity contribution in [2.24, 2.45) is 4.99 Å². The number of benzene rings is 1. The standard InChI is InChI=1S/C18H29N3O5S/c1-5-19-18(21-14-9-11-27(22,23)12-14)20-10-8-13-6-7-15(24-2)17(26-4)16(13)25-3/h6-7,14H,5,8-12H2,1-4H3,(H2,19,20,21). The molecule has 2 N–H and O–H groups in total. The maximum absolute atomic E-state index is 11.6. The molecule has 1 aromatic rings. The van der Waals surface area contributed by atoms with Crippen LogP contribution in [0.5, 0.6) is 17.2 Å². The van der Waals surface area contributed by atoms with Crippen molar-refractivity contribution in [1.82, 2.24) is 10.6 Å². The predicted molar refractivity (Wildman–Crippen MR) is 106 cm³/mol. The van der Waals surface area contributed by atoms with Crippen molar-refractivity contribution < 1.29 is 22.6 Å². The number of hydrogen-bond donors (Lipinski definition) is 2. The van der Waals surface area contributed by atoms with Crippen LogP contribution in [0.1, 0.15) is 18.9 Å². The number of hydrogen-bond acceptors (Lipinski definition) is 6. The molecule has 2 rings (SSSR count). The molecule has 1 atom stereocenters. The quantitative estimate of drug-likeness (QED) is 0.497. The van der Waals surface area contributed by atoms with Crippen LogP contribution in [0.2, 0.25) is 0 Å². The van der Waals surface area contributed by atoms with Crippen LogP contribution in [0.25, 0.3) is 0 Å². The largest absolute Gasteiger partial charge is 0.493 e. The minimum atomic E-state index is -2.93. The van der Waals surface area contributed by atoms with Gasteiger partial charge in [0.15, 0.2) is 27.3 Å². The van der Waals surface area contributed by atoms with Crippen molar-refractivity contribution in [3.8, 4) is 17.2 Å². The zero-order valence-corrected chi connectivity index (χ0v) is 17.2. The maximum Gasteiger partial charge on any atom is 0.203 e. The molecule has 8 nitrogen and oxygen atoms in total. The highest BCUT2D eigenvalue weighted by atomic mass is 32.2. The van der Waals surface area contributed by atoms with Crippen LogP contribution in [0.15, 0.2) is 17.1 Å². The topological polar surface area (TPSA) is 98.2 Å². The van der Waals surface area contributed by atoms with Crippen molar-refractivity contribution >= 4 is 15.8 Å². The van der Waals surface area contributed by atoms with Gasteiger partial charge in [-0.05, 0) is 25.8 Å². The van der Waals surface area contributed by atoms with Crippen molar-refractivity contribution in [2.45, 2.75) is 25.8 Å². The first-order valence-corrected chi connectivity index (χ1v) is 10.8. The van der Waals surface area contributed by atoms with Gasteiger partial charge in [0.25, 0.3) is 0 Å². The lowest BCUT2D eigenvalue weighted by atomic mass is 10.1. The van der Waals surface area contributed by atoms with E-state index in [0.717, 1.165) is 5.56 Å². The number of aliphatic imine (C=N–C) groups is 1. The number of sulfone groups is 1. The average molecular weight is 400 g/mol. The molecule has 1 heterocycles. The minimum absolute atomic E-state index is 0.0941. The van der Waals surface area contributed by atoms with Gasteiger partial charge in [0.05, 0.1) is 32.8 Å². The fourth-order valence-corrected chi connectivity index (χ4v) is 4.74. The molecule has 0 radical (unpaired) electrons. The third kappa shape index (κ3) is 5.66. The predicted octanol–water partition coefficient (Wildman–Crippen LogP) is 0.997. The summed E-state index contributed by atoms with van der Waals surface area (Å²) in [7, 11) is 1.82. The number of guanidine groups is 1. The Bertz CT molecular complexity index is 765. The SMILES string of the molecule is CCNC(=NCCc1ccc(OC)c(OC)c1OC)NC1CCS(=O)(=O)C1. The molecular weight excluding hydrogens is 370 g/mol. The number of methoxy groups -OCH3 is 3. The Morgan fingerprint density at radius 1 is 1.19 bits per heavy atom. The third-order valence-corrected chi connectivity index (χ3v) is 6.12. The molecule has 0 saturated carbocycles. The van der Waals surface area contributed by atoms with Crippen molar-refractivity contribution in [1.29, 1.82) is 0 Å². The average Bonchev–Trinajstić information content (AvgIpc) is 2.99. The van der Waals surface area contributed by atoms with Crippen LogP contribution in [0.4, 0.5) is 0 Å². The van der Waals surface area contributed by atoms with Crippen molar-refractivity contribution in [3.05, 3.63) is 17.7 Å². The summed E-state index contributed by atoms with van der Waals surface area (Å²) < 4.78 is 39.5. The summed E-state index contributed by atoms with van der Waals surface area (Å²) in [6.07, 6.45) is 1.25. The molecule has 1 unspecified atom stereocenters. The number of nitrogens with one attached hydrogen (secondary N) is 2. The zero-order valence-electron chi connectivity index (χ0n) is 16.4. The van der Waals surface area contributed by atoms with Gasteiger partial charge in [0.2, 0.25) is 5.75 Å². The summed E-state index contributed by atoms with van der Waals surface area (Å²) in [4.78, 5) is 4.57. The molecule has 1 aromatic carbocycles. The number of ether oxygens (including phenoxy) is 3. The molecular formula is C18H29N3O5S. The molecule has 1 saturated heterocycles. The fraction of sp³-hybridized carbons (Fsp3) is 0.611. The smallest absolute Gasteiger partial charge is 0.203 e. The summed E-state index contributed by atoms with van der Waals surface area (Å²) in [6.45, 7) is 3.19. The van der Waals surface area contributed by atoms with E-state index < -0.39 is 9.84 Å². The Labute approximate surface area is 161 Å². The molecule has 27 heavy (non-hydrogen) atoms. The Hall–Kier alpha value is -2.16. The second kappa shape index (κ2) is 9.68. The van der Waals surface area contributed by atoms with E-state index in [1.807, 2.05) is 19.1 Å². The molecule has 0 aliphatic carbocycles. The van der Waals surface area contributed by atoms with E-state index in [0.29, 0.717) is 49.1 Å². The molecule has 0 aromatic heterocycles. The minimum Gasteiger partial charge on any atom is -0.493 e. The summed E-state index contributed by atoms with van der Waals surface area (Å²) >= 11 is 0. The molecule has 0 amide bonds. The lowest BCUT2D eigenvalue weighted by molar-refractivity contribution is 0.322. The van der Waals surface area contributed by atoms with Crippen LogP contribution >= 0.6 is 0 Å². The van der Waals surface area contributed by atoms with Crippen LogP contribution in [-0.4, -0.2) is 66.3 Å². The van der Waals surface area contributed by atoms with Gasteiger partial charge in [-0.3, -0.25) is 4.99 Å². The zero-order chi connectivity index (χ0) is 19.9. The third-order valence-electron chi connectivity index (χ3n) is 4.35. The van der Waals surface area contributed by atoms with E-state index in [9.17, 15) is 8.42 Å². The Morgan fingerprint density at radius 2 is 1.93 bits per heavy atom. The summed E-state index contributed by atoms with van der Waals surface area (Å²) in [5.41, 5.74) is 0.957. The molecule has 0 spiro atoms. The first-order chi connectivity index (χ1) is 12.9. The van der Waals surface area contributed by atoms with E-state index in [4.69, 9.17) is 14.2 Å². The maximum atomic E-state index is 11.6. The molecule has 0 bridgehead atoms. The van der Waals surface area contributed by atoms with Gasteiger partial charge in [-0.1, -0.05) is 6.07 Å². The van der Waals surface area contributed by atoms with Crippen LogP contribution in [0, 0.1) is 0 Å². The lowest BCUT2D eigenvalue weighted by Crippen LogP contribution is -2.44. The van der Waals surface area contributed by atoms with Gasteiger partial charge in [0.1, 0.15) is 0 Å². The Balaban J connectivity index is 2.07. The van der Waals surface area contributed by atoms with Gasteiger partial charge < -0.3 is 24.8 Å². The first-order valence-electron chi connectivity index (χ1n) is 8.97. The molecule has 1 aliphatic rings. The van der Waals surface area contributed by atoms with E-state index >= 15 is 0 Å². The Morgan fingerprint density at radius 3 is 2.48 bits per heavy atom. The lowest BCUT2D eigenvalue weighted by Gasteiger charge is -2.17. The fourth-order valence-electron chi connectivity index (χ4n) is 3.07. The Kier molecular flexibility index (Phi) is 7.58. The van der Waals surface area contributed by atoms with E-state index in [2.05, 4.69) is 15.6 Å². The summed E-state index contributed by atoms with van der Waals surface area (Å²) in [6, 6.07) is 3.68. The van der Waals surface area contributed by atoms with Gasteiger partial charge in [-0.2, -0.15) is 0 Å². The van der Waals surface area contributed by atoms with Gasteiger partial charge in [-0.15, -0.1) is 0 Å². The normalized spacial score (nSPS) is 18.8. The van der Waals surface area contributed by atoms with E-state index in [1.54, 1.807) is 21.3 Å². The second-order valence-electron chi connectivity index (χ2n) is 6.25. The molecule has 1 fully saturated rings. The molecule has 1 aliphatic heterocycles.